The van der Waals surface area contributed by atoms with Gasteiger partial charge in [0.15, 0.2) is 11.5 Å². The lowest BCUT2D eigenvalue weighted by Crippen LogP contribution is -2.41. The summed E-state index contributed by atoms with van der Waals surface area (Å²) < 4.78 is 16.2. The monoisotopic (exact) mass is 391 g/mol. The first kappa shape index (κ1) is 19.5. The molecule has 0 radical (unpaired) electrons. The molecule has 0 unspecified atom stereocenters. The zero-order valence-corrected chi connectivity index (χ0v) is 16.7. The molecule has 27 heavy (non-hydrogen) atoms. The van der Waals surface area contributed by atoms with E-state index in [-0.39, 0.29) is 17.7 Å². The van der Waals surface area contributed by atoms with Gasteiger partial charge in [-0.25, -0.2) is 0 Å². The summed E-state index contributed by atoms with van der Waals surface area (Å²) in [5, 5.41) is 11.6. The van der Waals surface area contributed by atoms with E-state index >= 15 is 0 Å². The molecule has 1 aliphatic carbocycles. The molecule has 1 aliphatic rings. The second kappa shape index (κ2) is 9.12. The van der Waals surface area contributed by atoms with Crippen molar-refractivity contribution in [3.8, 4) is 23.0 Å². The summed E-state index contributed by atoms with van der Waals surface area (Å²) in [6.45, 7) is 2.20. The number of nitrogens with zero attached hydrogens (tertiary/aromatic N) is 2. The van der Waals surface area contributed by atoms with Crippen LogP contribution in [0.2, 0.25) is 0 Å². The SMILES string of the molecule is COc1ccc(-c2nnc(SCC(=O)N[C@H]3CCCC[C@H]3C)o2)cc1OC. The molecule has 1 aromatic heterocycles. The molecule has 0 saturated heterocycles. The van der Waals surface area contributed by atoms with Crippen molar-refractivity contribution >= 4 is 17.7 Å². The van der Waals surface area contributed by atoms with Gasteiger partial charge in [-0.3, -0.25) is 4.79 Å². The van der Waals surface area contributed by atoms with Crippen LogP contribution in [0.3, 0.4) is 0 Å². The molecule has 3 rings (SSSR count). The van der Waals surface area contributed by atoms with Crippen LogP contribution in [0.25, 0.3) is 11.5 Å². The highest BCUT2D eigenvalue weighted by Crippen LogP contribution is 2.32. The van der Waals surface area contributed by atoms with Crippen molar-refractivity contribution in [1.82, 2.24) is 15.5 Å². The van der Waals surface area contributed by atoms with Crippen LogP contribution in [-0.4, -0.2) is 42.1 Å². The predicted molar refractivity (Wildman–Crippen MR) is 103 cm³/mol. The Morgan fingerprint density at radius 1 is 1.22 bits per heavy atom. The minimum absolute atomic E-state index is 0.00427. The Bertz CT molecular complexity index is 780. The first-order valence-corrected chi connectivity index (χ1v) is 10.1. The Balaban J connectivity index is 1.57. The Morgan fingerprint density at radius 2 is 2.00 bits per heavy atom. The smallest absolute Gasteiger partial charge is 0.277 e. The number of rotatable bonds is 7. The van der Waals surface area contributed by atoms with Crippen molar-refractivity contribution in [2.75, 3.05) is 20.0 Å². The summed E-state index contributed by atoms with van der Waals surface area (Å²) in [5.41, 5.74) is 0.729. The second-order valence-electron chi connectivity index (χ2n) is 6.67. The third kappa shape index (κ3) is 4.94. The highest BCUT2D eigenvalue weighted by atomic mass is 32.2. The highest BCUT2D eigenvalue weighted by Gasteiger charge is 2.23. The van der Waals surface area contributed by atoms with Crippen LogP contribution in [0, 0.1) is 5.92 Å². The van der Waals surface area contributed by atoms with Crippen LogP contribution in [0.15, 0.2) is 27.8 Å². The van der Waals surface area contributed by atoms with Gasteiger partial charge < -0.3 is 19.2 Å². The Hall–Kier alpha value is -2.22. The molecule has 1 amide bonds. The number of thioether (sulfide) groups is 1. The second-order valence-corrected chi connectivity index (χ2v) is 7.59. The van der Waals surface area contributed by atoms with Crippen LogP contribution in [-0.2, 0) is 4.79 Å². The molecule has 7 nitrogen and oxygen atoms in total. The van der Waals surface area contributed by atoms with Gasteiger partial charge in [-0.05, 0) is 37.0 Å². The van der Waals surface area contributed by atoms with E-state index in [2.05, 4.69) is 22.4 Å². The molecule has 8 heteroatoms. The number of hydrogen-bond donors (Lipinski definition) is 1. The summed E-state index contributed by atoms with van der Waals surface area (Å²) in [5.74, 6) is 2.39. The topological polar surface area (TPSA) is 86.5 Å². The van der Waals surface area contributed by atoms with Crippen molar-refractivity contribution in [2.24, 2.45) is 5.92 Å². The van der Waals surface area contributed by atoms with E-state index in [1.54, 1.807) is 26.4 Å². The van der Waals surface area contributed by atoms with E-state index in [1.807, 2.05) is 6.07 Å². The lowest BCUT2D eigenvalue weighted by atomic mass is 9.86. The van der Waals surface area contributed by atoms with Crippen molar-refractivity contribution in [3.63, 3.8) is 0 Å². The largest absolute Gasteiger partial charge is 0.493 e. The molecule has 1 saturated carbocycles. The fourth-order valence-electron chi connectivity index (χ4n) is 3.26. The quantitative estimate of drug-likeness (QED) is 0.722. The van der Waals surface area contributed by atoms with Crippen molar-refractivity contribution in [2.45, 2.75) is 43.9 Å². The first-order chi connectivity index (χ1) is 13.1. The Morgan fingerprint density at radius 3 is 2.74 bits per heavy atom. The number of hydrogen-bond acceptors (Lipinski definition) is 7. The summed E-state index contributed by atoms with van der Waals surface area (Å²) >= 11 is 1.24. The number of carbonyl (C=O) groups excluding carboxylic acids is 1. The molecule has 2 atom stereocenters. The van der Waals surface area contributed by atoms with Crippen LogP contribution in [0.5, 0.6) is 11.5 Å². The van der Waals surface area contributed by atoms with Gasteiger partial charge in [0.2, 0.25) is 11.8 Å². The van der Waals surface area contributed by atoms with Crippen LogP contribution >= 0.6 is 11.8 Å². The molecule has 1 fully saturated rings. The minimum Gasteiger partial charge on any atom is -0.493 e. The molecule has 1 N–H and O–H groups in total. The number of ether oxygens (including phenoxy) is 2. The van der Waals surface area contributed by atoms with Crippen molar-refractivity contribution in [3.05, 3.63) is 18.2 Å². The summed E-state index contributed by atoms with van der Waals surface area (Å²) in [4.78, 5) is 12.2. The maximum atomic E-state index is 12.2. The summed E-state index contributed by atoms with van der Waals surface area (Å²) in [7, 11) is 3.15. The molecule has 0 spiro atoms. The van der Waals surface area contributed by atoms with E-state index in [1.165, 1.54) is 31.0 Å². The molecular formula is C19H25N3O4S. The number of carbonyl (C=O) groups is 1. The van der Waals surface area contributed by atoms with Gasteiger partial charge in [0.05, 0.1) is 20.0 Å². The zero-order chi connectivity index (χ0) is 19.2. The Labute approximate surface area is 163 Å². The maximum absolute atomic E-state index is 12.2. The van der Waals surface area contributed by atoms with Gasteiger partial charge in [-0.2, -0.15) is 0 Å². The van der Waals surface area contributed by atoms with Gasteiger partial charge in [0.25, 0.3) is 5.22 Å². The number of aromatic nitrogens is 2. The first-order valence-electron chi connectivity index (χ1n) is 9.08. The molecular weight excluding hydrogens is 366 g/mol. The Kier molecular flexibility index (Phi) is 6.60. The van der Waals surface area contributed by atoms with E-state index in [9.17, 15) is 4.79 Å². The average Bonchev–Trinajstić information content (AvgIpc) is 3.16. The normalized spacial score (nSPS) is 19.5. The highest BCUT2D eigenvalue weighted by molar-refractivity contribution is 7.99. The minimum atomic E-state index is 0.00427. The van der Waals surface area contributed by atoms with E-state index in [0.717, 1.165) is 12.0 Å². The lowest BCUT2D eigenvalue weighted by molar-refractivity contribution is -0.119. The van der Waals surface area contributed by atoms with Gasteiger partial charge in [-0.15, -0.1) is 10.2 Å². The van der Waals surface area contributed by atoms with Crippen molar-refractivity contribution in [1.29, 1.82) is 0 Å². The standard InChI is InChI=1S/C19H25N3O4S/c1-12-6-4-5-7-14(12)20-17(23)11-27-19-22-21-18(26-19)13-8-9-15(24-2)16(10-13)25-3/h8-10,12,14H,4-7,11H2,1-3H3,(H,20,23)/t12-,14+/m1/s1. The van der Waals surface area contributed by atoms with Gasteiger partial charge in [0, 0.05) is 11.6 Å². The van der Waals surface area contributed by atoms with E-state index in [0.29, 0.717) is 28.5 Å². The number of methoxy groups -OCH3 is 2. The fraction of sp³-hybridized carbons (Fsp3) is 0.526. The van der Waals surface area contributed by atoms with Gasteiger partial charge in [0.1, 0.15) is 0 Å². The predicted octanol–water partition coefficient (Wildman–Crippen LogP) is 3.54. The van der Waals surface area contributed by atoms with Gasteiger partial charge in [-0.1, -0.05) is 31.5 Å². The lowest BCUT2D eigenvalue weighted by Gasteiger charge is -2.29. The third-order valence-electron chi connectivity index (χ3n) is 4.82. The summed E-state index contributed by atoms with van der Waals surface area (Å²) in [6, 6.07) is 5.65. The summed E-state index contributed by atoms with van der Waals surface area (Å²) in [6.07, 6.45) is 4.67. The molecule has 1 heterocycles. The number of nitrogens with one attached hydrogen (secondary N) is 1. The van der Waals surface area contributed by atoms with Crippen LogP contribution < -0.4 is 14.8 Å². The third-order valence-corrected chi connectivity index (χ3v) is 5.64. The van der Waals surface area contributed by atoms with Crippen LogP contribution in [0.1, 0.15) is 32.6 Å². The number of amides is 1. The van der Waals surface area contributed by atoms with E-state index in [4.69, 9.17) is 13.9 Å². The molecule has 0 aliphatic heterocycles. The van der Waals surface area contributed by atoms with Crippen LogP contribution in [0.4, 0.5) is 0 Å². The molecule has 0 bridgehead atoms. The fourth-order valence-corrected chi connectivity index (χ4v) is 3.83. The maximum Gasteiger partial charge on any atom is 0.277 e. The van der Waals surface area contributed by atoms with Gasteiger partial charge >= 0.3 is 0 Å². The van der Waals surface area contributed by atoms with Crippen molar-refractivity contribution < 1.29 is 18.7 Å². The average molecular weight is 391 g/mol. The molecule has 2 aromatic rings. The zero-order valence-electron chi connectivity index (χ0n) is 15.9. The number of benzene rings is 1. The van der Waals surface area contributed by atoms with E-state index < -0.39 is 0 Å². The molecule has 146 valence electrons. The molecule has 1 aromatic carbocycles.